The lowest BCUT2D eigenvalue weighted by Gasteiger charge is -2.29. The van der Waals surface area contributed by atoms with Gasteiger partial charge in [-0.2, -0.15) is 5.26 Å². The van der Waals surface area contributed by atoms with Gasteiger partial charge in [-0.05, 0) is 43.0 Å². The Morgan fingerprint density at radius 1 is 1.27 bits per heavy atom. The molecular formula is C17H18N4O. The molecular weight excluding hydrogens is 276 g/mol. The van der Waals surface area contributed by atoms with Gasteiger partial charge in [0, 0.05) is 25.0 Å². The van der Waals surface area contributed by atoms with E-state index in [-0.39, 0.29) is 5.91 Å². The van der Waals surface area contributed by atoms with Crippen molar-refractivity contribution < 1.29 is 4.79 Å². The molecule has 0 bridgehead atoms. The lowest BCUT2D eigenvalue weighted by atomic mass is 9.99. The topological polar surface area (TPSA) is 61.9 Å². The zero-order chi connectivity index (χ0) is 15.5. The van der Waals surface area contributed by atoms with Crippen molar-refractivity contribution >= 4 is 5.91 Å². The maximum Gasteiger partial charge on any atom is 0.274 e. The van der Waals surface area contributed by atoms with Crippen molar-refractivity contribution in [3.8, 4) is 11.8 Å². The monoisotopic (exact) mass is 294 g/mol. The molecule has 1 amide bonds. The summed E-state index contributed by atoms with van der Waals surface area (Å²) in [5, 5.41) is 8.82. The molecule has 2 heterocycles. The number of carbonyl (C=O) groups excluding carboxylic acids is 1. The van der Waals surface area contributed by atoms with Gasteiger partial charge < -0.3 is 9.47 Å². The van der Waals surface area contributed by atoms with E-state index in [1.165, 1.54) is 0 Å². The molecule has 0 saturated carbocycles. The predicted octanol–water partition coefficient (Wildman–Crippen LogP) is 2.62. The molecule has 2 aromatic rings. The first kappa shape index (κ1) is 14.3. The SMILES string of the molecule is CC1CCN(C(=O)c2cn(-c3ccc(C#N)cc3)cn2)CC1. The minimum absolute atomic E-state index is 0.000653. The number of likely N-dealkylation sites (tertiary alicyclic amines) is 1. The first-order valence-corrected chi connectivity index (χ1v) is 7.51. The Morgan fingerprint density at radius 2 is 1.95 bits per heavy atom. The van der Waals surface area contributed by atoms with Gasteiger partial charge in [0.15, 0.2) is 0 Å². The number of aromatic nitrogens is 2. The third-order valence-corrected chi connectivity index (χ3v) is 4.17. The summed E-state index contributed by atoms with van der Waals surface area (Å²) in [5.41, 5.74) is 1.97. The molecule has 1 aliphatic heterocycles. The summed E-state index contributed by atoms with van der Waals surface area (Å²) in [7, 11) is 0. The van der Waals surface area contributed by atoms with E-state index >= 15 is 0 Å². The number of imidazole rings is 1. The number of amides is 1. The van der Waals surface area contributed by atoms with Gasteiger partial charge in [-0.1, -0.05) is 6.92 Å². The van der Waals surface area contributed by atoms with Crippen LogP contribution in [0.3, 0.4) is 0 Å². The van der Waals surface area contributed by atoms with Crippen molar-refractivity contribution in [2.24, 2.45) is 5.92 Å². The Hall–Kier alpha value is -2.61. The van der Waals surface area contributed by atoms with E-state index in [1.807, 2.05) is 17.0 Å². The number of benzene rings is 1. The highest BCUT2D eigenvalue weighted by Crippen LogP contribution is 2.18. The van der Waals surface area contributed by atoms with Gasteiger partial charge in [-0.3, -0.25) is 4.79 Å². The third kappa shape index (κ3) is 2.86. The highest BCUT2D eigenvalue weighted by molar-refractivity contribution is 5.92. The number of hydrogen-bond donors (Lipinski definition) is 0. The summed E-state index contributed by atoms with van der Waals surface area (Å²) in [6.07, 6.45) is 5.51. The fourth-order valence-electron chi connectivity index (χ4n) is 2.66. The van der Waals surface area contributed by atoms with Crippen molar-refractivity contribution in [2.75, 3.05) is 13.1 Å². The van der Waals surface area contributed by atoms with Crippen LogP contribution in [0, 0.1) is 17.2 Å². The molecule has 0 spiro atoms. The molecule has 5 heteroatoms. The highest BCUT2D eigenvalue weighted by Gasteiger charge is 2.22. The summed E-state index contributed by atoms with van der Waals surface area (Å²) in [6, 6.07) is 9.28. The Morgan fingerprint density at radius 3 is 2.59 bits per heavy atom. The zero-order valence-corrected chi connectivity index (χ0v) is 12.6. The maximum absolute atomic E-state index is 12.5. The number of rotatable bonds is 2. The second-order valence-corrected chi connectivity index (χ2v) is 5.80. The summed E-state index contributed by atoms with van der Waals surface area (Å²) in [4.78, 5) is 18.6. The molecule has 0 N–H and O–H groups in total. The molecule has 0 radical (unpaired) electrons. The van der Waals surface area contributed by atoms with Crippen LogP contribution in [0.4, 0.5) is 0 Å². The van der Waals surface area contributed by atoms with E-state index in [9.17, 15) is 4.79 Å². The van der Waals surface area contributed by atoms with Crippen molar-refractivity contribution in [1.29, 1.82) is 5.26 Å². The van der Waals surface area contributed by atoms with Gasteiger partial charge in [-0.15, -0.1) is 0 Å². The maximum atomic E-state index is 12.5. The average molecular weight is 294 g/mol. The van der Waals surface area contributed by atoms with Crippen LogP contribution in [0.1, 0.15) is 35.8 Å². The minimum Gasteiger partial charge on any atom is -0.337 e. The van der Waals surface area contributed by atoms with Gasteiger partial charge in [0.1, 0.15) is 12.0 Å². The van der Waals surface area contributed by atoms with E-state index in [1.54, 1.807) is 29.2 Å². The second-order valence-electron chi connectivity index (χ2n) is 5.80. The van der Waals surface area contributed by atoms with Gasteiger partial charge >= 0.3 is 0 Å². The number of nitriles is 1. The molecule has 22 heavy (non-hydrogen) atoms. The highest BCUT2D eigenvalue weighted by atomic mass is 16.2. The van der Waals surface area contributed by atoms with Crippen LogP contribution in [0.5, 0.6) is 0 Å². The van der Waals surface area contributed by atoms with Gasteiger partial charge in [-0.25, -0.2) is 4.98 Å². The summed E-state index contributed by atoms with van der Waals surface area (Å²) < 4.78 is 1.81. The molecule has 5 nitrogen and oxygen atoms in total. The van der Waals surface area contributed by atoms with Crippen LogP contribution in [0.15, 0.2) is 36.8 Å². The summed E-state index contributed by atoms with van der Waals surface area (Å²) in [5.74, 6) is 0.694. The van der Waals surface area contributed by atoms with E-state index in [2.05, 4.69) is 18.0 Å². The lowest BCUT2D eigenvalue weighted by molar-refractivity contribution is 0.0692. The molecule has 0 atom stereocenters. The van der Waals surface area contributed by atoms with Crippen molar-refractivity contribution in [2.45, 2.75) is 19.8 Å². The quantitative estimate of drug-likeness (QED) is 0.855. The van der Waals surface area contributed by atoms with Gasteiger partial charge in [0.2, 0.25) is 0 Å². The smallest absolute Gasteiger partial charge is 0.274 e. The van der Waals surface area contributed by atoms with Crippen molar-refractivity contribution in [3.05, 3.63) is 48.0 Å². The van der Waals surface area contributed by atoms with Crippen molar-refractivity contribution in [3.63, 3.8) is 0 Å². The van der Waals surface area contributed by atoms with Gasteiger partial charge in [0.25, 0.3) is 5.91 Å². The first-order valence-electron chi connectivity index (χ1n) is 7.51. The number of carbonyl (C=O) groups is 1. The molecule has 1 aromatic heterocycles. The van der Waals surface area contributed by atoms with Crippen LogP contribution in [0.25, 0.3) is 5.69 Å². The fourth-order valence-corrected chi connectivity index (χ4v) is 2.66. The third-order valence-electron chi connectivity index (χ3n) is 4.17. The molecule has 1 aliphatic rings. The van der Waals surface area contributed by atoms with Gasteiger partial charge in [0.05, 0.1) is 11.6 Å². The second kappa shape index (κ2) is 6.02. The van der Waals surface area contributed by atoms with Crippen LogP contribution in [-0.4, -0.2) is 33.4 Å². The van der Waals surface area contributed by atoms with E-state index in [0.29, 0.717) is 17.2 Å². The lowest BCUT2D eigenvalue weighted by Crippen LogP contribution is -2.38. The van der Waals surface area contributed by atoms with Crippen molar-refractivity contribution in [1.82, 2.24) is 14.5 Å². The van der Waals surface area contributed by atoms with E-state index in [4.69, 9.17) is 5.26 Å². The zero-order valence-electron chi connectivity index (χ0n) is 12.6. The molecule has 1 saturated heterocycles. The first-order chi connectivity index (χ1) is 10.7. The summed E-state index contributed by atoms with van der Waals surface area (Å²) >= 11 is 0. The van der Waals surface area contributed by atoms with E-state index in [0.717, 1.165) is 31.6 Å². The Bertz CT molecular complexity index is 703. The molecule has 0 aliphatic carbocycles. The van der Waals surface area contributed by atoms with E-state index < -0.39 is 0 Å². The average Bonchev–Trinajstić information content (AvgIpc) is 3.05. The normalized spacial score (nSPS) is 15.5. The van der Waals surface area contributed by atoms with Crippen LogP contribution in [-0.2, 0) is 0 Å². The largest absolute Gasteiger partial charge is 0.337 e. The molecule has 3 rings (SSSR count). The number of hydrogen-bond acceptors (Lipinski definition) is 3. The molecule has 1 aromatic carbocycles. The Balaban J connectivity index is 1.75. The molecule has 112 valence electrons. The summed E-state index contributed by atoms with van der Waals surface area (Å²) in [6.45, 7) is 3.84. The van der Waals surface area contributed by atoms with Crippen LogP contribution in [0.2, 0.25) is 0 Å². The number of piperidine rings is 1. The Kier molecular flexibility index (Phi) is 3.92. The fraction of sp³-hybridized carbons (Fsp3) is 0.353. The van der Waals surface area contributed by atoms with Crippen LogP contribution >= 0.6 is 0 Å². The minimum atomic E-state index is -0.000653. The van der Waals surface area contributed by atoms with Crippen LogP contribution < -0.4 is 0 Å². The Labute approximate surface area is 129 Å². The molecule has 0 unspecified atom stereocenters. The molecule has 1 fully saturated rings. The standard InChI is InChI=1S/C17H18N4O/c1-13-6-8-20(9-7-13)17(22)16-11-21(12-19-16)15-4-2-14(10-18)3-5-15/h2-5,11-13H,6-9H2,1H3. The predicted molar refractivity (Wildman–Crippen MR) is 82.6 cm³/mol. The number of nitrogens with zero attached hydrogens (tertiary/aromatic N) is 4.